The van der Waals surface area contributed by atoms with Crippen molar-refractivity contribution in [2.45, 2.75) is 33.4 Å². The SMILES string of the molecule is CCOC(=O)C1=C(C)N=c2s/c(=C\c3cc(Br)cc(OC)c3OCc3ccc(C(=O)OCC)cc3)c(=O)n2[C@H]1c1ccccc1Cl. The van der Waals surface area contributed by atoms with Crippen LogP contribution in [0.1, 0.15) is 53.9 Å². The molecule has 0 radical (unpaired) electrons. The van der Waals surface area contributed by atoms with Crippen molar-refractivity contribution < 1.29 is 28.5 Å². The fourth-order valence-corrected chi connectivity index (χ4v) is 6.76. The van der Waals surface area contributed by atoms with E-state index in [9.17, 15) is 14.4 Å². The van der Waals surface area contributed by atoms with Gasteiger partial charge in [-0.2, -0.15) is 0 Å². The molecule has 2 heterocycles. The number of halogens is 2. The number of esters is 2. The number of carbonyl (C=O) groups is 2. The van der Waals surface area contributed by atoms with Crippen molar-refractivity contribution in [3.05, 3.63) is 123 Å². The molecule has 238 valence electrons. The van der Waals surface area contributed by atoms with Crippen LogP contribution in [-0.2, 0) is 20.9 Å². The Morgan fingerprint density at radius 2 is 1.74 bits per heavy atom. The number of allylic oxidation sites excluding steroid dienone is 1. The number of hydrogen-bond acceptors (Lipinski definition) is 9. The molecule has 46 heavy (non-hydrogen) atoms. The first kappa shape index (κ1) is 33.2. The molecule has 1 atom stereocenters. The van der Waals surface area contributed by atoms with Crippen LogP contribution < -0.4 is 24.4 Å². The van der Waals surface area contributed by atoms with Crippen LogP contribution in [0.25, 0.3) is 6.08 Å². The predicted octanol–water partition coefficient (Wildman–Crippen LogP) is 5.98. The topological polar surface area (TPSA) is 105 Å². The Bertz CT molecular complexity index is 2020. The third-order valence-electron chi connectivity index (χ3n) is 7.12. The maximum atomic E-state index is 14.2. The van der Waals surface area contributed by atoms with Crippen LogP contribution >= 0.6 is 38.9 Å². The van der Waals surface area contributed by atoms with E-state index in [-0.39, 0.29) is 24.3 Å². The molecule has 0 bridgehead atoms. The van der Waals surface area contributed by atoms with Gasteiger partial charge in [0, 0.05) is 15.1 Å². The van der Waals surface area contributed by atoms with Gasteiger partial charge in [-0.25, -0.2) is 14.6 Å². The molecule has 0 aliphatic carbocycles. The molecule has 4 aromatic rings. The highest BCUT2D eigenvalue weighted by molar-refractivity contribution is 9.10. The molecule has 0 saturated carbocycles. The summed E-state index contributed by atoms with van der Waals surface area (Å²) in [7, 11) is 1.53. The fraction of sp³-hybridized carbons (Fsp3) is 0.235. The number of hydrogen-bond donors (Lipinski definition) is 0. The lowest BCUT2D eigenvalue weighted by atomic mass is 9.96. The summed E-state index contributed by atoms with van der Waals surface area (Å²) in [6.07, 6.45) is 1.71. The fourth-order valence-electron chi connectivity index (χ4n) is 5.03. The van der Waals surface area contributed by atoms with E-state index < -0.39 is 18.0 Å². The first-order valence-corrected chi connectivity index (χ1v) is 16.4. The van der Waals surface area contributed by atoms with Crippen LogP contribution in [0.2, 0.25) is 5.02 Å². The van der Waals surface area contributed by atoms with Crippen molar-refractivity contribution in [1.29, 1.82) is 0 Å². The summed E-state index contributed by atoms with van der Waals surface area (Å²) >= 11 is 11.3. The van der Waals surface area contributed by atoms with E-state index in [1.165, 1.54) is 23.0 Å². The molecule has 0 spiro atoms. The molecule has 1 aliphatic heterocycles. The van der Waals surface area contributed by atoms with E-state index in [1.807, 2.05) is 6.07 Å². The van der Waals surface area contributed by atoms with Gasteiger partial charge >= 0.3 is 11.9 Å². The molecule has 1 aliphatic rings. The van der Waals surface area contributed by atoms with Gasteiger partial charge in [-0.15, -0.1) is 0 Å². The predicted molar refractivity (Wildman–Crippen MR) is 179 cm³/mol. The number of fused-ring (bicyclic) bond motifs is 1. The Morgan fingerprint density at radius 1 is 1.04 bits per heavy atom. The lowest BCUT2D eigenvalue weighted by Crippen LogP contribution is -2.40. The van der Waals surface area contributed by atoms with Crippen molar-refractivity contribution in [3.63, 3.8) is 0 Å². The summed E-state index contributed by atoms with van der Waals surface area (Å²) in [6.45, 7) is 5.82. The molecular formula is C34H30BrClN2O7S. The highest BCUT2D eigenvalue weighted by atomic mass is 79.9. The summed E-state index contributed by atoms with van der Waals surface area (Å²) < 4.78 is 24.9. The number of thiazole rings is 1. The third kappa shape index (κ3) is 6.81. The summed E-state index contributed by atoms with van der Waals surface area (Å²) in [4.78, 5) is 44.4. The van der Waals surface area contributed by atoms with Crippen molar-refractivity contribution in [2.24, 2.45) is 4.99 Å². The van der Waals surface area contributed by atoms with Crippen molar-refractivity contribution in [1.82, 2.24) is 4.57 Å². The van der Waals surface area contributed by atoms with E-state index in [4.69, 9.17) is 30.5 Å². The summed E-state index contributed by atoms with van der Waals surface area (Å²) in [5.41, 5.74) is 2.74. The number of rotatable bonds is 10. The second kappa shape index (κ2) is 14.5. The zero-order valence-electron chi connectivity index (χ0n) is 25.5. The van der Waals surface area contributed by atoms with Gasteiger partial charge < -0.3 is 18.9 Å². The molecule has 0 unspecified atom stereocenters. The van der Waals surface area contributed by atoms with Crippen molar-refractivity contribution in [2.75, 3.05) is 20.3 Å². The van der Waals surface area contributed by atoms with Gasteiger partial charge in [0.25, 0.3) is 5.56 Å². The van der Waals surface area contributed by atoms with E-state index in [2.05, 4.69) is 20.9 Å². The van der Waals surface area contributed by atoms with Gasteiger partial charge in [-0.3, -0.25) is 9.36 Å². The van der Waals surface area contributed by atoms with E-state index in [1.54, 1.807) is 81.4 Å². The van der Waals surface area contributed by atoms with Gasteiger partial charge in [-0.1, -0.05) is 69.2 Å². The number of ether oxygens (including phenoxy) is 4. The molecule has 3 aromatic carbocycles. The van der Waals surface area contributed by atoms with Crippen LogP contribution in [0, 0.1) is 0 Å². The monoisotopic (exact) mass is 724 g/mol. The summed E-state index contributed by atoms with van der Waals surface area (Å²) in [5, 5.41) is 0.404. The van der Waals surface area contributed by atoms with Gasteiger partial charge in [0.15, 0.2) is 16.3 Å². The van der Waals surface area contributed by atoms with E-state index >= 15 is 0 Å². The van der Waals surface area contributed by atoms with Crippen LogP contribution in [0.4, 0.5) is 0 Å². The Morgan fingerprint density at radius 3 is 2.41 bits per heavy atom. The first-order chi connectivity index (χ1) is 22.2. The van der Waals surface area contributed by atoms with E-state index in [0.29, 0.717) is 59.3 Å². The summed E-state index contributed by atoms with van der Waals surface area (Å²) in [5.74, 6) is -0.0942. The minimum absolute atomic E-state index is 0.164. The highest BCUT2D eigenvalue weighted by Crippen LogP contribution is 2.37. The number of methoxy groups -OCH3 is 1. The zero-order chi connectivity index (χ0) is 33.0. The maximum Gasteiger partial charge on any atom is 0.338 e. The Kier molecular flexibility index (Phi) is 10.5. The largest absolute Gasteiger partial charge is 0.493 e. The summed E-state index contributed by atoms with van der Waals surface area (Å²) in [6, 6.07) is 16.8. The lowest BCUT2D eigenvalue weighted by molar-refractivity contribution is -0.139. The number of carbonyl (C=O) groups excluding carboxylic acids is 2. The zero-order valence-corrected chi connectivity index (χ0v) is 28.6. The smallest absolute Gasteiger partial charge is 0.338 e. The minimum Gasteiger partial charge on any atom is -0.493 e. The lowest BCUT2D eigenvalue weighted by Gasteiger charge is -2.25. The average Bonchev–Trinajstić information content (AvgIpc) is 3.34. The quantitative estimate of drug-likeness (QED) is 0.185. The maximum absolute atomic E-state index is 14.2. The minimum atomic E-state index is -0.837. The Labute approximate surface area is 282 Å². The van der Waals surface area contributed by atoms with Crippen molar-refractivity contribution in [3.8, 4) is 11.5 Å². The second-order valence-corrected chi connectivity index (χ2v) is 12.4. The highest BCUT2D eigenvalue weighted by Gasteiger charge is 2.34. The van der Waals surface area contributed by atoms with Gasteiger partial charge in [0.05, 0.1) is 41.7 Å². The van der Waals surface area contributed by atoms with Crippen LogP contribution in [0.3, 0.4) is 0 Å². The van der Waals surface area contributed by atoms with Gasteiger partial charge in [0.2, 0.25) is 0 Å². The molecule has 0 N–H and O–H groups in total. The van der Waals surface area contributed by atoms with Crippen LogP contribution in [0.5, 0.6) is 11.5 Å². The van der Waals surface area contributed by atoms with Crippen molar-refractivity contribution >= 4 is 56.9 Å². The number of nitrogens with zero attached hydrogens (tertiary/aromatic N) is 2. The molecule has 1 aromatic heterocycles. The molecule has 0 amide bonds. The number of benzene rings is 3. The Balaban J connectivity index is 1.59. The molecular weight excluding hydrogens is 696 g/mol. The normalized spacial score (nSPS) is 14.4. The van der Waals surface area contributed by atoms with Gasteiger partial charge in [-0.05, 0) is 68.3 Å². The second-order valence-electron chi connectivity index (χ2n) is 10.1. The Hall–Kier alpha value is -4.19. The first-order valence-electron chi connectivity index (χ1n) is 14.4. The van der Waals surface area contributed by atoms with E-state index in [0.717, 1.165) is 5.56 Å². The molecule has 9 nitrogen and oxygen atoms in total. The third-order valence-corrected chi connectivity index (χ3v) is 8.90. The number of aromatic nitrogens is 1. The molecule has 0 saturated heterocycles. The van der Waals surface area contributed by atoms with Crippen LogP contribution in [-0.4, -0.2) is 36.8 Å². The van der Waals surface area contributed by atoms with Crippen LogP contribution in [0.15, 0.2) is 86.2 Å². The van der Waals surface area contributed by atoms with Gasteiger partial charge in [0.1, 0.15) is 12.6 Å². The molecule has 12 heteroatoms. The average molecular weight is 726 g/mol. The molecule has 0 fully saturated rings. The standard InChI is InChI=1S/C34H30BrClN2O7S/c1-5-43-32(40)21-13-11-20(12-14-21)18-45-30-22(15-23(35)17-26(30)42-4)16-27-31(39)38-29(24-9-7-8-10-25(24)36)28(33(41)44-6-2)19(3)37-34(38)46-27/h7-17,29H,5-6,18H2,1-4H3/b27-16-/t29-/m0/s1. The molecule has 5 rings (SSSR count).